The summed E-state index contributed by atoms with van der Waals surface area (Å²) >= 11 is 0. The van der Waals surface area contributed by atoms with E-state index >= 15 is 0 Å². The van der Waals surface area contributed by atoms with E-state index in [9.17, 15) is 13.9 Å². The largest absolute Gasteiger partial charge is 0.481 e. The number of carboxylic acid groups (broad SMARTS) is 1. The van der Waals surface area contributed by atoms with Gasteiger partial charge in [0.2, 0.25) is 0 Å². The molecule has 0 aromatic carbocycles. The van der Waals surface area contributed by atoms with Gasteiger partial charge in [-0.25, -0.2) is 0 Å². The number of carboxylic acids is 1. The van der Waals surface area contributed by atoms with Gasteiger partial charge in [0.15, 0.2) is 0 Å². The number of hydrogen-bond acceptors (Lipinski definition) is 4. The average molecular weight is 291 g/mol. The maximum atomic E-state index is 11.0. The quantitative estimate of drug-likeness (QED) is 0.317. The highest BCUT2D eigenvalue weighted by Gasteiger charge is 2.36. The molecule has 0 rings (SSSR count). The van der Waals surface area contributed by atoms with Crippen LogP contribution in [0.1, 0.15) is 12.8 Å². The number of rotatable bonds is 7. The van der Waals surface area contributed by atoms with Gasteiger partial charge in [0.1, 0.15) is 0 Å². The number of hydrogen-bond donors (Lipinski definition) is 6. The second-order valence-corrected chi connectivity index (χ2v) is 7.21. The Morgan fingerprint density at radius 2 is 1.65 bits per heavy atom. The zero-order valence-electron chi connectivity index (χ0n) is 8.71. The molecule has 2 unspecified atom stereocenters. The van der Waals surface area contributed by atoms with E-state index in [1.54, 1.807) is 0 Å². The molecule has 0 saturated carbocycles. The monoisotopic (exact) mass is 291 g/mol. The Morgan fingerprint density at radius 3 is 1.94 bits per heavy atom. The topological polar surface area (TPSA) is 178 Å². The van der Waals surface area contributed by atoms with Crippen LogP contribution in [-0.4, -0.2) is 48.5 Å². The van der Waals surface area contributed by atoms with Gasteiger partial charge in [0.25, 0.3) is 0 Å². The summed E-state index contributed by atoms with van der Waals surface area (Å²) in [5, 5.41) is 8.47. The lowest BCUT2D eigenvalue weighted by molar-refractivity contribution is -0.137. The van der Waals surface area contributed by atoms with Crippen LogP contribution in [0.5, 0.6) is 0 Å². The highest BCUT2D eigenvalue weighted by atomic mass is 31.2. The number of carbonyl (C=O) groups is 1. The predicted molar refractivity (Wildman–Crippen MR) is 57.6 cm³/mol. The molecule has 0 amide bonds. The van der Waals surface area contributed by atoms with Crippen molar-refractivity contribution in [3.63, 3.8) is 0 Å². The molecule has 0 aliphatic rings. The Hall–Kier alpha value is -0.270. The summed E-state index contributed by atoms with van der Waals surface area (Å²) in [5.74, 6) is -1.44. The van der Waals surface area contributed by atoms with Crippen molar-refractivity contribution in [2.24, 2.45) is 5.73 Å². The third-order valence-corrected chi connectivity index (χ3v) is 4.33. The fraction of sp³-hybridized carbons (Fsp3) is 0.833. The predicted octanol–water partition coefficient (Wildman–Crippen LogP) is -1.10. The number of nitrogens with two attached hydrogens (primary N) is 1. The van der Waals surface area contributed by atoms with Gasteiger partial charge in [-0.05, 0) is 6.42 Å². The third kappa shape index (κ3) is 7.62. The molecule has 0 fully saturated rings. The van der Waals surface area contributed by atoms with Crippen LogP contribution in [0.3, 0.4) is 0 Å². The van der Waals surface area contributed by atoms with Gasteiger partial charge in [-0.2, -0.15) is 0 Å². The molecule has 0 aliphatic heterocycles. The van der Waals surface area contributed by atoms with Crippen LogP contribution >= 0.6 is 15.2 Å². The van der Waals surface area contributed by atoms with Gasteiger partial charge in [0, 0.05) is 6.04 Å². The summed E-state index contributed by atoms with van der Waals surface area (Å²) in [6, 6.07) is -1.29. The Balaban J connectivity index is 4.66. The molecular formula is C6H15NO8P2. The maximum absolute atomic E-state index is 11.0. The van der Waals surface area contributed by atoms with E-state index in [0.29, 0.717) is 0 Å². The van der Waals surface area contributed by atoms with Crippen molar-refractivity contribution in [1.82, 2.24) is 0 Å². The van der Waals surface area contributed by atoms with E-state index in [4.69, 9.17) is 30.4 Å². The van der Waals surface area contributed by atoms with Crippen molar-refractivity contribution >= 4 is 21.2 Å². The molecule has 17 heavy (non-hydrogen) atoms. The summed E-state index contributed by atoms with van der Waals surface area (Å²) < 4.78 is 21.5. The summed E-state index contributed by atoms with van der Waals surface area (Å²) in [7, 11) is -9.05. The summed E-state index contributed by atoms with van der Waals surface area (Å²) in [6.07, 6.45) is -1.87. The smallest absolute Gasteiger partial charge is 0.330 e. The Bertz CT molecular complexity index is 359. The fourth-order valence-corrected chi connectivity index (χ4v) is 2.88. The van der Waals surface area contributed by atoms with E-state index < -0.39 is 45.4 Å². The van der Waals surface area contributed by atoms with Crippen LogP contribution in [-0.2, 0) is 13.9 Å². The SMILES string of the molecule is NC(CCP(=O)(O)O)C(CC(=O)O)P(=O)(O)O. The van der Waals surface area contributed by atoms with Crippen LogP contribution in [0, 0.1) is 0 Å². The number of aliphatic carboxylic acids is 1. The molecule has 2 atom stereocenters. The summed E-state index contributed by atoms with van der Waals surface area (Å²) in [5.41, 5.74) is 3.71. The molecule has 0 spiro atoms. The first-order valence-corrected chi connectivity index (χ1v) is 7.98. The molecule has 9 nitrogen and oxygen atoms in total. The lowest BCUT2D eigenvalue weighted by atomic mass is 10.1. The first-order chi connectivity index (χ1) is 7.43. The Labute approximate surface area is 97.0 Å². The highest BCUT2D eigenvalue weighted by Crippen LogP contribution is 2.46. The zero-order chi connectivity index (χ0) is 13.9. The second-order valence-electron chi connectivity index (χ2n) is 3.60. The lowest BCUT2D eigenvalue weighted by Crippen LogP contribution is -2.37. The van der Waals surface area contributed by atoms with Crippen LogP contribution in [0.25, 0.3) is 0 Å². The van der Waals surface area contributed by atoms with E-state index in [0.717, 1.165) is 0 Å². The van der Waals surface area contributed by atoms with E-state index in [-0.39, 0.29) is 6.42 Å². The van der Waals surface area contributed by atoms with E-state index in [2.05, 4.69) is 0 Å². The van der Waals surface area contributed by atoms with Crippen molar-refractivity contribution in [1.29, 1.82) is 0 Å². The molecule has 0 radical (unpaired) electrons. The van der Waals surface area contributed by atoms with Gasteiger partial charge in [-0.3, -0.25) is 13.9 Å². The van der Waals surface area contributed by atoms with Gasteiger partial charge >= 0.3 is 21.2 Å². The molecule has 0 aromatic rings. The first-order valence-electron chi connectivity index (χ1n) is 4.50. The molecule has 0 heterocycles. The van der Waals surface area contributed by atoms with E-state index in [1.807, 2.05) is 0 Å². The minimum atomic E-state index is -4.73. The zero-order valence-corrected chi connectivity index (χ0v) is 10.5. The molecular weight excluding hydrogens is 276 g/mol. The van der Waals surface area contributed by atoms with Crippen molar-refractivity contribution < 1.29 is 38.6 Å². The van der Waals surface area contributed by atoms with Crippen molar-refractivity contribution in [3.05, 3.63) is 0 Å². The molecule has 0 aromatic heterocycles. The summed E-state index contributed by atoms with van der Waals surface area (Å²) in [4.78, 5) is 45.4. The minimum Gasteiger partial charge on any atom is -0.481 e. The normalized spacial score (nSPS) is 16.5. The van der Waals surface area contributed by atoms with E-state index in [1.165, 1.54) is 0 Å². The minimum absolute atomic E-state index is 0.368. The maximum Gasteiger partial charge on any atom is 0.330 e. The lowest BCUT2D eigenvalue weighted by Gasteiger charge is -2.23. The highest BCUT2D eigenvalue weighted by molar-refractivity contribution is 7.52. The molecule has 7 N–H and O–H groups in total. The third-order valence-electron chi connectivity index (χ3n) is 2.06. The first kappa shape index (κ1) is 16.7. The molecule has 0 aliphatic carbocycles. The van der Waals surface area contributed by atoms with Crippen LogP contribution < -0.4 is 5.73 Å². The van der Waals surface area contributed by atoms with Crippen LogP contribution in [0.4, 0.5) is 0 Å². The average Bonchev–Trinajstić information content (AvgIpc) is 2.07. The summed E-state index contributed by atoms with van der Waals surface area (Å²) in [6.45, 7) is 0. The van der Waals surface area contributed by atoms with Gasteiger partial charge in [-0.1, -0.05) is 0 Å². The van der Waals surface area contributed by atoms with Crippen molar-refractivity contribution in [2.45, 2.75) is 24.5 Å². The molecule has 102 valence electrons. The van der Waals surface area contributed by atoms with Gasteiger partial charge in [0.05, 0.1) is 18.2 Å². The molecule has 0 bridgehead atoms. The second kappa shape index (κ2) is 6.06. The van der Waals surface area contributed by atoms with Gasteiger partial charge < -0.3 is 30.4 Å². The van der Waals surface area contributed by atoms with Gasteiger partial charge in [-0.15, -0.1) is 0 Å². The standard InChI is InChI=1S/C6H15NO8P2/c7-4(1-2-16(10,11)12)5(3-6(8)9)17(13,14)15/h4-5H,1-3,7H2,(H,8,9)(H2,10,11,12)(H2,13,14,15). The van der Waals surface area contributed by atoms with Crippen molar-refractivity contribution in [3.8, 4) is 0 Å². The molecule has 11 heteroatoms. The Morgan fingerprint density at radius 1 is 1.18 bits per heavy atom. The van der Waals surface area contributed by atoms with Crippen LogP contribution in [0.2, 0.25) is 0 Å². The Kier molecular flexibility index (Phi) is 5.96. The van der Waals surface area contributed by atoms with Crippen molar-refractivity contribution in [2.75, 3.05) is 6.16 Å². The molecule has 0 saturated heterocycles. The fourth-order valence-electron chi connectivity index (χ4n) is 1.21. The van der Waals surface area contributed by atoms with Crippen LogP contribution in [0.15, 0.2) is 0 Å².